The van der Waals surface area contributed by atoms with E-state index in [0.717, 1.165) is 9.80 Å². The van der Waals surface area contributed by atoms with Gasteiger partial charge in [-0.2, -0.15) is 0 Å². The molecule has 0 aromatic heterocycles. The number of ether oxygens (including phenoxy) is 1. The predicted octanol–water partition coefficient (Wildman–Crippen LogP) is 6.12. The van der Waals surface area contributed by atoms with E-state index in [-0.39, 0.29) is 29.8 Å². The van der Waals surface area contributed by atoms with Gasteiger partial charge < -0.3 is 14.9 Å². The Balaban J connectivity index is 1.35. The fourth-order valence-corrected chi connectivity index (χ4v) is 9.20. The van der Waals surface area contributed by atoms with Crippen LogP contribution in [0.25, 0.3) is 0 Å². The largest absolute Gasteiger partial charge is 0.508 e. The van der Waals surface area contributed by atoms with Gasteiger partial charge in [-0.05, 0) is 66.8 Å². The number of allylic oxidation sites excluding steroid dienone is 2. The van der Waals surface area contributed by atoms with E-state index < -0.39 is 64.6 Å². The van der Waals surface area contributed by atoms with Crippen LogP contribution in [0.15, 0.2) is 109 Å². The highest BCUT2D eigenvalue weighted by atomic mass is 35.5. The van der Waals surface area contributed by atoms with Crippen LogP contribution in [0.5, 0.6) is 11.5 Å². The number of amides is 4. The van der Waals surface area contributed by atoms with Crippen molar-refractivity contribution in [1.29, 1.82) is 0 Å². The maximum absolute atomic E-state index is 15.3. The summed E-state index contributed by atoms with van der Waals surface area (Å²) < 4.78 is 5.38. The molecule has 4 aliphatic rings. The van der Waals surface area contributed by atoms with Crippen LogP contribution < -0.4 is 14.5 Å². The first-order valence-electron chi connectivity index (χ1n) is 16.6. The van der Waals surface area contributed by atoms with Gasteiger partial charge >= 0.3 is 5.97 Å². The Kier molecular flexibility index (Phi) is 7.61. The molecule has 0 unspecified atom stereocenters. The standard InChI is InChI=1S/C40H31ClN2O8/c1-51-26-13-14-28(32(44)19-26)34-27-15-16-29-33(37(47)42(35(29)45)24-11-5-7-21(17-24)38(48)49)30(27)20-31-36(46)43(25-12-6-10-23(41)18-25)39(50)40(31,34)22-8-3-2-4-9-22/h2-15,17-19,29-31,33-34,44H,16,20H2,1H3,(H,48,49)/t29-,30+,31-,33-,34+,40+/m0/s1. The van der Waals surface area contributed by atoms with Crippen molar-refractivity contribution in [1.82, 2.24) is 0 Å². The molecule has 0 bridgehead atoms. The molecule has 2 aliphatic heterocycles. The van der Waals surface area contributed by atoms with Crippen LogP contribution in [0, 0.1) is 23.7 Å². The van der Waals surface area contributed by atoms with Crippen LogP contribution in [0.2, 0.25) is 5.02 Å². The van der Waals surface area contributed by atoms with Crippen LogP contribution in [0.1, 0.15) is 40.2 Å². The zero-order valence-corrected chi connectivity index (χ0v) is 28.0. The molecule has 2 N–H and O–H groups in total. The number of nitrogens with zero attached hydrogens (tertiary/aromatic N) is 2. The molecule has 3 fully saturated rings. The Morgan fingerprint density at radius 1 is 0.824 bits per heavy atom. The Morgan fingerprint density at radius 3 is 2.24 bits per heavy atom. The van der Waals surface area contributed by atoms with E-state index in [2.05, 4.69) is 0 Å². The number of hydrogen-bond acceptors (Lipinski definition) is 7. The number of carbonyl (C=O) groups excluding carboxylic acids is 4. The van der Waals surface area contributed by atoms with Gasteiger partial charge in [0.2, 0.25) is 23.6 Å². The summed E-state index contributed by atoms with van der Waals surface area (Å²) in [5, 5.41) is 21.6. The lowest BCUT2D eigenvalue weighted by Gasteiger charge is -2.50. The second-order valence-electron chi connectivity index (χ2n) is 13.4. The average Bonchev–Trinajstić information content (AvgIpc) is 3.52. The van der Waals surface area contributed by atoms with Crippen molar-refractivity contribution < 1.29 is 38.9 Å². The van der Waals surface area contributed by atoms with Gasteiger partial charge in [-0.25, -0.2) is 9.69 Å². The normalized spacial score (nSPS) is 26.8. The number of phenols is 1. The number of hydrogen-bond donors (Lipinski definition) is 2. The first-order valence-corrected chi connectivity index (χ1v) is 16.9. The summed E-state index contributed by atoms with van der Waals surface area (Å²) in [5.41, 5.74) is 0.441. The molecule has 11 heteroatoms. The molecule has 256 valence electrons. The number of fused-ring (bicyclic) bond motifs is 4. The molecule has 2 saturated heterocycles. The summed E-state index contributed by atoms with van der Waals surface area (Å²) in [6.07, 6.45) is 2.13. The first kappa shape index (κ1) is 32.5. The van der Waals surface area contributed by atoms with Crippen LogP contribution in [0.4, 0.5) is 11.4 Å². The average molecular weight is 703 g/mol. The number of methoxy groups -OCH3 is 1. The van der Waals surface area contributed by atoms with Crippen LogP contribution in [-0.2, 0) is 24.6 Å². The van der Waals surface area contributed by atoms with Crippen LogP contribution in [-0.4, -0.2) is 46.9 Å². The molecule has 10 nitrogen and oxygen atoms in total. The number of phenolic OH excluding ortho intramolecular Hbond substituents is 1. The molecule has 4 aromatic carbocycles. The minimum absolute atomic E-state index is 0.0684. The molecule has 1 saturated carbocycles. The van der Waals surface area contributed by atoms with Gasteiger partial charge in [-0.1, -0.05) is 71.8 Å². The van der Waals surface area contributed by atoms with E-state index >= 15 is 4.79 Å². The van der Waals surface area contributed by atoms with Gasteiger partial charge in [-0.3, -0.25) is 24.1 Å². The topological polar surface area (TPSA) is 142 Å². The highest BCUT2D eigenvalue weighted by Crippen LogP contribution is 2.65. The number of rotatable bonds is 6. The van der Waals surface area contributed by atoms with Crippen molar-refractivity contribution in [3.05, 3.63) is 130 Å². The van der Waals surface area contributed by atoms with Gasteiger partial charge in [-0.15, -0.1) is 0 Å². The Bertz CT molecular complexity index is 2200. The van der Waals surface area contributed by atoms with E-state index in [0.29, 0.717) is 33.2 Å². The van der Waals surface area contributed by atoms with Gasteiger partial charge in [0, 0.05) is 22.6 Å². The minimum atomic E-state index is -1.55. The second-order valence-corrected chi connectivity index (χ2v) is 13.8. The number of aromatic hydroxyl groups is 1. The lowest BCUT2D eigenvalue weighted by Crippen LogP contribution is -2.53. The summed E-state index contributed by atoms with van der Waals surface area (Å²) in [7, 11) is 1.47. The van der Waals surface area contributed by atoms with Gasteiger partial charge in [0.25, 0.3) is 0 Å². The molecule has 2 heterocycles. The van der Waals surface area contributed by atoms with E-state index in [4.69, 9.17) is 16.3 Å². The lowest BCUT2D eigenvalue weighted by molar-refractivity contribution is -0.127. The minimum Gasteiger partial charge on any atom is -0.508 e. The number of aromatic carboxylic acids is 1. The summed E-state index contributed by atoms with van der Waals surface area (Å²) in [5.74, 6) is -7.17. The van der Waals surface area contributed by atoms with E-state index in [1.165, 1.54) is 37.4 Å². The van der Waals surface area contributed by atoms with Gasteiger partial charge in [0.1, 0.15) is 11.5 Å². The maximum atomic E-state index is 15.3. The highest BCUT2D eigenvalue weighted by Gasteiger charge is 2.70. The molecule has 4 amide bonds. The first-order chi connectivity index (χ1) is 24.6. The SMILES string of the molecule is COc1ccc([C@H]2C3=CC[C@@H]4C(=O)N(c5cccc(C(=O)O)c5)C(=O)[C@@H]4[C@@H]3C[C@H]3C(=O)N(c4cccc(Cl)c4)C(=O)[C@@]23c2ccccc2)c(O)c1. The van der Waals surface area contributed by atoms with Crippen LogP contribution >= 0.6 is 11.6 Å². The van der Waals surface area contributed by atoms with Crippen LogP contribution in [0.3, 0.4) is 0 Å². The number of carboxylic acid groups (broad SMARTS) is 1. The quantitative estimate of drug-likeness (QED) is 0.181. The van der Waals surface area contributed by atoms with Gasteiger partial charge in [0.05, 0.1) is 47.2 Å². The highest BCUT2D eigenvalue weighted by molar-refractivity contribution is 6.32. The molecular weight excluding hydrogens is 672 g/mol. The molecule has 8 rings (SSSR count). The zero-order chi connectivity index (χ0) is 35.8. The van der Waals surface area contributed by atoms with E-state index in [1.807, 2.05) is 12.1 Å². The smallest absolute Gasteiger partial charge is 0.335 e. The summed E-state index contributed by atoms with van der Waals surface area (Å²) in [6.45, 7) is 0. The second kappa shape index (κ2) is 11.9. The fraction of sp³-hybridized carbons (Fsp3) is 0.225. The number of imide groups is 2. The number of carbonyl (C=O) groups is 5. The molecule has 0 spiro atoms. The number of halogens is 1. The summed E-state index contributed by atoms with van der Waals surface area (Å²) in [4.78, 5) is 72.6. The number of benzene rings is 4. The van der Waals surface area contributed by atoms with Crippen molar-refractivity contribution in [2.24, 2.45) is 23.7 Å². The third-order valence-corrected chi connectivity index (χ3v) is 11.3. The molecular formula is C40H31ClN2O8. The monoisotopic (exact) mass is 702 g/mol. The molecule has 4 aromatic rings. The zero-order valence-electron chi connectivity index (χ0n) is 27.2. The van der Waals surface area contributed by atoms with Crippen molar-refractivity contribution in [2.75, 3.05) is 16.9 Å². The Morgan fingerprint density at radius 2 is 1.55 bits per heavy atom. The third-order valence-electron chi connectivity index (χ3n) is 11.1. The maximum Gasteiger partial charge on any atom is 0.335 e. The Labute approximate surface area is 297 Å². The van der Waals surface area contributed by atoms with Gasteiger partial charge in [0.15, 0.2) is 0 Å². The van der Waals surface area contributed by atoms with Crippen molar-refractivity contribution in [2.45, 2.75) is 24.2 Å². The molecule has 2 aliphatic carbocycles. The van der Waals surface area contributed by atoms with Crippen molar-refractivity contribution in [3.63, 3.8) is 0 Å². The summed E-state index contributed by atoms with van der Waals surface area (Å²) >= 11 is 6.37. The number of carboxylic acids is 1. The van der Waals surface area contributed by atoms with Crippen molar-refractivity contribution in [3.8, 4) is 11.5 Å². The molecule has 51 heavy (non-hydrogen) atoms. The molecule has 6 atom stereocenters. The molecule has 0 radical (unpaired) electrons. The Hall–Kier alpha value is -5.74. The third kappa shape index (κ3) is 4.66. The van der Waals surface area contributed by atoms with E-state index in [1.54, 1.807) is 60.7 Å². The number of anilines is 2. The fourth-order valence-electron chi connectivity index (χ4n) is 9.02. The summed E-state index contributed by atoms with van der Waals surface area (Å²) in [6, 6.07) is 26.0. The predicted molar refractivity (Wildman–Crippen MR) is 187 cm³/mol. The lowest BCUT2D eigenvalue weighted by atomic mass is 9.49. The van der Waals surface area contributed by atoms with E-state index in [9.17, 15) is 29.4 Å². The van der Waals surface area contributed by atoms with Crippen molar-refractivity contribution >= 4 is 52.6 Å².